The smallest absolute Gasteiger partial charge is 0.380 e. The number of carbonyl (C=O) groups excluding carboxylic acids is 1. The van der Waals surface area contributed by atoms with Gasteiger partial charge in [-0.2, -0.15) is 25.8 Å². The van der Waals surface area contributed by atoms with Crippen LogP contribution in [0.5, 0.6) is 0 Å². The minimum Gasteiger partial charge on any atom is -0.380 e. The number of rotatable bonds is 3. The third-order valence-corrected chi connectivity index (χ3v) is 3.27. The highest BCUT2D eigenvalue weighted by atomic mass is 32.1. The van der Waals surface area contributed by atoms with E-state index < -0.39 is 11.8 Å². The molecule has 1 aliphatic carbocycles. The molecule has 17 heavy (non-hydrogen) atoms. The molecule has 100 valence electrons. The summed E-state index contributed by atoms with van der Waals surface area (Å²) < 4.78 is 37.5. The summed E-state index contributed by atoms with van der Waals surface area (Å²) in [6.07, 6.45) is -4.76. The molecule has 0 radical (unpaired) electrons. The molecule has 1 fully saturated rings. The van der Waals surface area contributed by atoms with E-state index >= 15 is 0 Å². The molecule has 0 aliphatic heterocycles. The van der Waals surface area contributed by atoms with Gasteiger partial charge in [0.05, 0.1) is 0 Å². The van der Waals surface area contributed by atoms with Gasteiger partial charge in [-0.15, -0.1) is 0 Å². The Hall–Kier alpha value is -0.430. The second kappa shape index (κ2) is 5.48. The maximum absolute atomic E-state index is 12.5. The average Bonchev–Trinajstić information content (AvgIpc) is 2.20. The molecular formula is C10H16F3NO2S. The number of alkyl halides is 3. The van der Waals surface area contributed by atoms with Gasteiger partial charge in [0.1, 0.15) is 0 Å². The molecule has 1 aliphatic rings. The molecule has 0 aromatic carbocycles. The van der Waals surface area contributed by atoms with Crippen LogP contribution < -0.4 is 5.32 Å². The van der Waals surface area contributed by atoms with E-state index in [0.29, 0.717) is 5.75 Å². The summed E-state index contributed by atoms with van der Waals surface area (Å²) in [4.78, 5) is 11.2. The van der Waals surface area contributed by atoms with Gasteiger partial charge in [0.25, 0.3) is 0 Å². The van der Waals surface area contributed by atoms with Crippen LogP contribution in [0.4, 0.5) is 13.2 Å². The molecule has 0 aromatic heterocycles. The van der Waals surface area contributed by atoms with E-state index in [9.17, 15) is 23.1 Å². The van der Waals surface area contributed by atoms with Crippen LogP contribution in [0.15, 0.2) is 0 Å². The summed E-state index contributed by atoms with van der Waals surface area (Å²) in [5.41, 5.74) is -2.59. The Morgan fingerprint density at radius 3 is 2.35 bits per heavy atom. The van der Waals surface area contributed by atoms with Crippen LogP contribution in [-0.4, -0.2) is 34.6 Å². The van der Waals surface area contributed by atoms with Crippen molar-refractivity contribution in [2.24, 2.45) is 0 Å². The first-order valence-corrected chi connectivity index (χ1v) is 6.11. The molecule has 1 amide bonds. The van der Waals surface area contributed by atoms with Crippen molar-refractivity contribution in [2.45, 2.75) is 49.9 Å². The van der Waals surface area contributed by atoms with E-state index in [0.717, 1.165) is 0 Å². The van der Waals surface area contributed by atoms with Gasteiger partial charge in [-0.05, 0) is 31.4 Å². The number of amides is 1. The van der Waals surface area contributed by atoms with Gasteiger partial charge in [0.2, 0.25) is 5.91 Å². The topological polar surface area (TPSA) is 49.3 Å². The van der Waals surface area contributed by atoms with Crippen LogP contribution in [0, 0.1) is 0 Å². The molecule has 0 heterocycles. The number of aliphatic hydroxyl groups is 1. The maximum Gasteiger partial charge on any atom is 0.417 e. The second-order valence-electron chi connectivity index (χ2n) is 4.34. The van der Waals surface area contributed by atoms with Gasteiger partial charge in [0, 0.05) is 12.5 Å². The van der Waals surface area contributed by atoms with Crippen molar-refractivity contribution in [1.29, 1.82) is 0 Å². The Morgan fingerprint density at radius 1 is 1.41 bits per heavy atom. The van der Waals surface area contributed by atoms with Crippen LogP contribution in [0.1, 0.15) is 32.1 Å². The monoisotopic (exact) mass is 271 g/mol. The van der Waals surface area contributed by atoms with Gasteiger partial charge in [-0.25, -0.2) is 0 Å². The first-order chi connectivity index (χ1) is 7.78. The summed E-state index contributed by atoms with van der Waals surface area (Å²) in [6.45, 7) is 0. The van der Waals surface area contributed by atoms with Crippen molar-refractivity contribution < 1.29 is 23.1 Å². The van der Waals surface area contributed by atoms with Crippen molar-refractivity contribution in [3.05, 3.63) is 0 Å². The number of nitrogens with one attached hydrogen (secondary N) is 1. The standard InChI is InChI=1S/C10H16F3NO2S/c11-10(12,13)9(16)4-1-7(2-5-9)14-8(15)3-6-17/h7,16-17H,1-6H2,(H,14,15). The first-order valence-electron chi connectivity index (χ1n) is 5.48. The fourth-order valence-electron chi connectivity index (χ4n) is 1.92. The van der Waals surface area contributed by atoms with Gasteiger partial charge < -0.3 is 10.4 Å². The highest BCUT2D eigenvalue weighted by Crippen LogP contribution is 2.41. The number of thiol groups is 1. The molecule has 3 nitrogen and oxygen atoms in total. The summed E-state index contributed by atoms with van der Waals surface area (Å²) in [5.74, 6) is 0.202. The summed E-state index contributed by atoms with van der Waals surface area (Å²) in [7, 11) is 0. The molecule has 0 saturated heterocycles. The summed E-state index contributed by atoms with van der Waals surface area (Å²) in [6, 6.07) is -0.273. The van der Waals surface area contributed by atoms with Crippen molar-refractivity contribution in [3.63, 3.8) is 0 Å². The lowest BCUT2D eigenvalue weighted by Gasteiger charge is -2.37. The van der Waals surface area contributed by atoms with Crippen molar-refractivity contribution in [2.75, 3.05) is 5.75 Å². The van der Waals surface area contributed by atoms with Gasteiger partial charge >= 0.3 is 6.18 Å². The van der Waals surface area contributed by atoms with E-state index in [-0.39, 0.29) is 44.1 Å². The molecule has 0 aromatic rings. The third-order valence-electron chi connectivity index (χ3n) is 3.04. The van der Waals surface area contributed by atoms with Crippen LogP contribution in [0.2, 0.25) is 0 Å². The Bertz CT molecular complexity index is 275. The van der Waals surface area contributed by atoms with Crippen LogP contribution in [0.3, 0.4) is 0 Å². The Labute approximate surface area is 103 Å². The number of hydrogen-bond acceptors (Lipinski definition) is 3. The minimum atomic E-state index is -4.59. The average molecular weight is 271 g/mol. The Kier molecular flexibility index (Phi) is 4.71. The third kappa shape index (κ3) is 3.77. The van der Waals surface area contributed by atoms with Gasteiger partial charge in [-0.1, -0.05) is 0 Å². The predicted molar refractivity (Wildman–Crippen MR) is 59.9 cm³/mol. The van der Waals surface area contributed by atoms with Crippen molar-refractivity contribution in [3.8, 4) is 0 Å². The maximum atomic E-state index is 12.5. The van der Waals surface area contributed by atoms with Crippen LogP contribution in [-0.2, 0) is 4.79 Å². The molecule has 1 saturated carbocycles. The lowest BCUT2D eigenvalue weighted by atomic mass is 9.81. The zero-order chi connectivity index (χ0) is 13.1. The van der Waals surface area contributed by atoms with E-state index in [4.69, 9.17) is 0 Å². The van der Waals surface area contributed by atoms with E-state index in [1.54, 1.807) is 0 Å². The lowest BCUT2D eigenvalue weighted by molar-refractivity contribution is -0.270. The lowest BCUT2D eigenvalue weighted by Crippen LogP contribution is -2.51. The molecule has 0 bridgehead atoms. The summed E-state index contributed by atoms with van der Waals surface area (Å²) >= 11 is 3.89. The molecule has 7 heteroatoms. The zero-order valence-electron chi connectivity index (χ0n) is 9.26. The molecule has 0 atom stereocenters. The highest BCUT2D eigenvalue weighted by Gasteiger charge is 2.54. The van der Waals surface area contributed by atoms with E-state index in [2.05, 4.69) is 17.9 Å². The van der Waals surface area contributed by atoms with Gasteiger partial charge in [-0.3, -0.25) is 4.79 Å². The fraction of sp³-hybridized carbons (Fsp3) is 0.900. The SMILES string of the molecule is O=C(CCS)NC1CCC(O)(C(F)(F)F)CC1. The first kappa shape index (κ1) is 14.6. The summed E-state index contributed by atoms with van der Waals surface area (Å²) in [5, 5.41) is 12.1. The Balaban J connectivity index is 2.43. The highest BCUT2D eigenvalue weighted by molar-refractivity contribution is 7.80. The molecule has 0 spiro atoms. The van der Waals surface area contributed by atoms with Crippen LogP contribution in [0.25, 0.3) is 0 Å². The Morgan fingerprint density at radius 2 is 1.94 bits per heavy atom. The zero-order valence-corrected chi connectivity index (χ0v) is 10.2. The normalized spacial score (nSPS) is 30.1. The molecule has 0 unspecified atom stereocenters. The van der Waals surface area contributed by atoms with Crippen molar-refractivity contribution in [1.82, 2.24) is 5.32 Å². The minimum absolute atomic E-state index is 0.147. The van der Waals surface area contributed by atoms with Gasteiger partial charge in [0.15, 0.2) is 5.60 Å². The van der Waals surface area contributed by atoms with Crippen molar-refractivity contribution >= 4 is 18.5 Å². The van der Waals surface area contributed by atoms with Crippen LogP contribution >= 0.6 is 12.6 Å². The van der Waals surface area contributed by atoms with E-state index in [1.807, 2.05) is 0 Å². The second-order valence-corrected chi connectivity index (χ2v) is 4.79. The fourth-order valence-corrected chi connectivity index (χ4v) is 2.13. The van der Waals surface area contributed by atoms with E-state index in [1.165, 1.54) is 0 Å². The predicted octanol–water partition coefficient (Wildman–Crippen LogP) is 1.66. The molecule has 2 N–H and O–H groups in total. The molecule has 1 rings (SSSR count). The number of hydrogen-bond donors (Lipinski definition) is 3. The quantitative estimate of drug-likeness (QED) is 0.684. The number of halogens is 3. The largest absolute Gasteiger partial charge is 0.417 e. The number of carbonyl (C=O) groups is 1. The molecular weight excluding hydrogens is 255 g/mol.